The molecule has 0 spiro atoms. The molecule has 2 N–H and O–H groups in total. The van der Waals surface area contributed by atoms with E-state index in [2.05, 4.69) is 4.98 Å². The van der Waals surface area contributed by atoms with Crippen molar-refractivity contribution in [3.05, 3.63) is 64.4 Å². The Labute approximate surface area is 194 Å². The Morgan fingerprint density at radius 3 is 2.60 bits per heavy atom. The number of amides is 1. The Morgan fingerprint density at radius 1 is 1.14 bits per heavy atom. The van der Waals surface area contributed by atoms with Gasteiger partial charge in [0.1, 0.15) is 13.0 Å². The van der Waals surface area contributed by atoms with E-state index >= 15 is 0 Å². The summed E-state index contributed by atoms with van der Waals surface area (Å²) >= 11 is 0. The first-order valence-corrected chi connectivity index (χ1v) is 10.2. The second-order valence-electron chi connectivity index (χ2n) is 7.70. The van der Waals surface area contributed by atoms with Crippen LogP contribution in [-0.2, 0) is 25.2 Å². The van der Waals surface area contributed by atoms with Crippen molar-refractivity contribution in [2.24, 2.45) is 0 Å². The zero-order chi connectivity index (χ0) is 25.3. The number of carboxylic acid groups (broad SMARTS) is 1. The van der Waals surface area contributed by atoms with Gasteiger partial charge in [0.25, 0.3) is 5.56 Å². The number of esters is 1. The van der Waals surface area contributed by atoms with Crippen LogP contribution in [0, 0.1) is 0 Å². The van der Waals surface area contributed by atoms with Gasteiger partial charge in [-0.3, -0.25) is 19.3 Å². The Balaban J connectivity index is 1.58. The molecule has 3 aromatic rings. The second kappa shape index (κ2) is 9.12. The summed E-state index contributed by atoms with van der Waals surface area (Å²) in [6.07, 6.45) is -7.06. The summed E-state index contributed by atoms with van der Waals surface area (Å²) in [6, 6.07) is 10.7. The molecule has 1 aliphatic heterocycles. The number of carboxylic acids is 1. The van der Waals surface area contributed by atoms with Crippen LogP contribution in [0.4, 0.5) is 23.7 Å². The molecule has 35 heavy (non-hydrogen) atoms. The van der Waals surface area contributed by atoms with Crippen molar-refractivity contribution in [3.8, 4) is 11.3 Å². The van der Waals surface area contributed by atoms with Crippen LogP contribution in [0.5, 0.6) is 0 Å². The summed E-state index contributed by atoms with van der Waals surface area (Å²) in [5.41, 5.74) is -1.43. The standard InChI is InChI=1S/C23H17F3N2O7/c24-23(25,26)17-4-2-1-3-15(17)18-7-12-5-6-13(8-16(12)21(32)27-18)28-10-14(35-22(28)33)11-34-20(31)9-19(29)30/h1-8,14H,9-11H2,(H,27,32)(H,29,30)/t14-/m0/s1. The number of rotatable bonds is 6. The fraction of sp³-hybridized carbons (Fsp3) is 0.217. The number of anilines is 1. The van der Waals surface area contributed by atoms with Gasteiger partial charge in [-0.2, -0.15) is 13.2 Å². The fourth-order valence-electron chi connectivity index (χ4n) is 3.71. The van der Waals surface area contributed by atoms with E-state index in [4.69, 9.17) is 14.6 Å². The number of cyclic esters (lactones) is 1. The van der Waals surface area contributed by atoms with Crippen molar-refractivity contribution in [1.82, 2.24) is 4.98 Å². The molecular formula is C23H17F3N2O7. The molecule has 4 rings (SSSR count). The van der Waals surface area contributed by atoms with Gasteiger partial charge in [0.2, 0.25) is 0 Å². The number of aliphatic carboxylic acids is 1. The largest absolute Gasteiger partial charge is 0.481 e. The minimum Gasteiger partial charge on any atom is -0.481 e. The van der Waals surface area contributed by atoms with Crippen molar-refractivity contribution < 1.29 is 42.1 Å². The molecule has 0 bridgehead atoms. The summed E-state index contributed by atoms with van der Waals surface area (Å²) in [6.45, 7) is -0.371. The number of nitrogens with one attached hydrogen (secondary N) is 1. The summed E-state index contributed by atoms with van der Waals surface area (Å²) in [4.78, 5) is 50.6. The number of benzene rings is 2. The van der Waals surface area contributed by atoms with Crippen LogP contribution in [0.25, 0.3) is 22.0 Å². The van der Waals surface area contributed by atoms with Crippen molar-refractivity contribution in [1.29, 1.82) is 0 Å². The average Bonchev–Trinajstić information content (AvgIpc) is 3.17. The van der Waals surface area contributed by atoms with Gasteiger partial charge in [-0.1, -0.05) is 24.3 Å². The van der Waals surface area contributed by atoms with Gasteiger partial charge in [-0.25, -0.2) is 4.79 Å². The molecule has 1 aromatic heterocycles. The smallest absolute Gasteiger partial charge is 0.417 e. The van der Waals surface area contributed by atoms with Crippen molar-refractivity contribution in [2.45, 2.75) is 18.7 Å². The van der Waals surface area contributed by atoms with Crippen LogP contribution in [0.3, 0.4) is 0 Å². The van der Waals surface area contributed by atoms with E-state index in [1.807, 2.05) is 0 Å². The molecule has 0 saturated carbocycles. The Hall–Kier alpha value is -4.35. The quantitative estimate of drug-likeness (QED) is 0.400. The number of nitrogens with zero attached hydrogens (tertiary/aromatic N) is 1. The normalized spacial score (nSPS) is 15.8. The number of aromatic nitrogens is 1. The van der Waals surface area contributed by atoms with Crippen LogP contribution in [-0.4, -0.2) is 47.4 Å². The van der Waals surface area contributed by atoms with Crippen LogP contribution in [0.1, 0.15) is 12.0 Å². The summed E-state index contributed by atoms with van der Waals surface area (Å²) in [5.74, 6) is -2.33. The lowest BCUT2D eigenvalue weighted by molar-refractivity contribution is -0.153. The fourth-order valence-corrected chi connectivity index (χ4v) is 3.71. The number of pyridine rings is 1. The van der Waals surface area contributed by atoms with Gasteiger partial charge in [0.05, 0.1) is 12.1 Å². The highest BCUT2D eigenvalue weighted by molar-refractivity contribution is 5.95. The molecular weight excluding hydrogens is 473 g/mol. The molecule has 2 aromatic carbocycles. The van der Waals surface area contributed by atoms with Gasteiger partial charge in [-0.05, 0) is 29.7 Å². The molecule has 0 unspecified atom stereocenters. The lowest BCUT2D eigenvalue weighted by Gasteiger charge is -2.15. The molecule has 9 nitrogen and oxygen atoms in total. The molecule has 1 atom stereocenters. The summed E-state index contributed by atoms with van der Waals surface area (Å²) in [7, 11) is 0. The van der Waals surface area contributed by atoms with E-state index < -0.39 is 47.9 Å². The van der Waals surface area contributed by atoms with Crippen molar-refractivity contribution >= 4 is 34.5 Å². The van der Waals surface area contributed by atoms with Crippen LogP contribution in [0.2, 0.25) is 0 Å². The van der Waals surface area contributed by atoms with Gasteiger partial charge < -0.3 is 19.6 Å². The van der Waals surface area contributed by atoms with E-state index in [0.29, 0.717) is 5.39 Å². The van der Waals surface area contributed by atoms with E-state index in [-0.39, 0.29) is 35.5 Å². The second-order valence-corrected chi connectivity index (χ2v) is 7.70. The monoisotopic (exact) mass is 490 g/mol. The average molecular weight is 490 g/mol. The highest BCUT2D eigenvalue weighted by Crippen LogP contribution is 2.36. The number of carbonyl (C=O) groups is 3. The zero-order valence-corrected chi connectivity index (χ0v) is 17.8. The molecule has 182 valence electrons. The number of alkyl halides is 3. The predicted octanol–water partition coefficient (Wildman–Crippen LogP) is 3.56. The third kappa shape index (κ3) is 5.10. The summed E-state index contributed by atoms with van der Waals surface area (Å²) in [5, 5.41) is 9.07. The molecule has 1 amide bonds. The number of ether oxygens (including phenoxy) is 2. The van der Waals surface area contributed by atoms with E-state index in [9.17, 15) is 32.3 Å². The molecule has 1 aliphatic rings. The number of hydrogen-bond donors (Lipinski definition) is 2. The van der Waals surface area contributed by atoms with Crippen molar-refractivity contribution in [2.75, 3.05) is 18.1 Å². The molecule has 2 heterocycles. The molecule has 0 aliphatic carbocycles. The topological polar surface area (TPSA) is 126 Å². The Morgan fingerprint density at radius 2 is 1.89 bits per heavy atom. The number of H-pyrrole nitrogens is 1. The highest BCUT2D eigenvalue weighted by Gasteiger charge is 2.35. The zero-order valence-electron chi connectivity index (χ0n) is 17.8. The van der Waals surface area contributed by atoms with Crippen LogP contribution < -0.4 is 10.5 Å². The lowest BCUT2D eigenvalue weighted by atomic mass is 10.0. The molecule has 0 radical (unpaired) electrons. The first kappa shape index (κ1) is 23.8. The lowest BCUT2D eigenvalue weighted by Crippen LogP contribution is -2.27. The number of fused-ring (bicyclic) bond motifs is 1. The third-order valence-corrected chi connectivity index (χ3v) is 5.26. The first-order chi connectivity index (χ1) is 16.5. The highest BCUT2D eigenvalue weighted by atomic mass is 19.4. The maximum absolute atomic E-state index is 13.4. The minimum atomic E-state index is -4.61. The number of carbonyl (C=O) groups excluding carboxylic acids is 2. The maximum Gasteiger partial charge on any atom is 0.417 e. The molecule has 12 heteroatoms. The Kier molecular flexibility index (Phi) is 6.20. The van der Waals surface area contributed by atoms with E-state index in [1.165, 1.54) is 47.4 Å². The molecule has 1 fully saturated rings. The minimum absolute atomic E-state index is 0.00741. The van der Waals surface area contributed by atoms with Gasteiger partial charge in [0.15, 0.2) is 6.10 Å². The first-order valence-electron chi connectivity index (χ1n) is 10.2. The number of hydrogen-bond acceptors (Lipinski definition) is 6. The van der Waals surface area contributed by atoms with E-state index in [0.717, 1.165) is 6.07 Å². The predicted molar refractivity (Wildman–Crippen MR) is 116 cm³/mol. The van der Waals surface area contributed by atoms with Gasteiger partial charge in [0, 0.05) is 22.3 Å². The van der Waals surface area contributed by atoms with Gasteiger partial charge in [-0.15, -0.1) is 0 Å². The van der Waals surface area contributed by atoms with Crippen LogP contribution in [0.15, 0.2) is 53.3 Å². The molecule has 1 saturated heterocycles. The summed E-state index contributed by atoms with van der Waals surface area (Å²) < 4.78 is 50.1. The van der Waals surface area contributed by atoms with Gasteiger partial charge >= 0.3 is 24.2 Å². The number of aromatic amines is 1. The number of halogens is 3. The van der Waals surface area contributed by atoms with Crippen molar-refractivity contribution in [3.63, 3.8) is 0 Å². The maximum atomic E-state index is 13.4. The third-order valence-electron chi connectivity index (χ3n) is 5.26. The van der Waals surface area contributed by atoms with Crippen LogP contribution >= 0.6 is 0 Å². The Bertz CT molecular complexity index is 1380. The SMILES string of the molecule is O=C(O)CC(=O)OC[C@@H]1CN(c2ccc3cc(-c4ccccc4C(F)(F)F)[nH]c(=O)c3c2)C(=O)O1. The van der Waals surface area contributed by atoms with E-state index in [1.54, 1.807) is 0 Å².